The highest BCUT2D eigenvalue weighted by Gasteiger charge is 2.35. The first-order valence-corrected chi connectivity index (χ1v) is 11.3. The molecule has 3 aromatic heterocycles. The number of H-pyrrole nitrogens is 1. The number of nitrogens with one attached hydrogen (secondary N) is 1. The first kappa shape index (κ1) is 22.6. The van der Waals surface area contributed by atoms with Gasteiger partial charge in [0.05, 0.1) is 11.7 Å². The second-order valence-corrected chi connectivity index (χ2v) is 8.74. The fourth-order valence-corrected chi connectivity index (χ4v) is 4.48. The molecular weight excluding hydrogens is 416 g/mol. The number of hydrogen-bond donors (Lipinski definition) is 1. The highest BCUT2D eigenvalue weighted by molar-refractivity contribution is 5.94. The Kier molecular flexibility index (Phi) is 6.26. The van der Waals surface area contributed by atoms with Crippen LogP contribution in [0.5, 0.6) is 0 Å². The zero-order chi connectivity index (χ0) is 23.7. The highest BCUT2D eigenvalue weighted by atomic mass is 16.2. The third kappa shape index (κ3) is 4.25. The molecule has 4 rings (SSSR count). The van der Waals surface area contributed by atoms with Crippen LogP contribution < -0.4 is 10.5 Å². The van der Waals surface area contributed by atoms with Crippen LogP contribution in [0.4, 0.5) is 5.95 Å². The van der Waals surface area contributed by atoms with Gasteiger partial charge in [-0.3, -0.25) is 14.6 Å². The van der Waals surface area contributed by atoms with Crippen LogP contribution in [0.15, 0.2) is 35.5 Å². The minimum absolute atomic E-state index is 0.181. The molecule has 0 aromatic carbocycles. The molecule has 172 valence electrons. The van der Waals surface area contributed by atoms with Crippen molar-refractivity contribution < 1.29 is 4.79 Å². The van der Waals surface area contributed by atoms with Crippen molar-refractivity contribution in [1.29, 1.82) is 0 Å². The number of hydrogen-bond acceptors (Lipinski definition) is 6. The van der Waals surface area contributed by atoms with Gasteiger partial charge in [0.2, 0.25) is 5.95 Å². The van der Waals surface area contributed by atoms with Gasteiger partial charge in [-0.25, -0.2) is 9.97 Å². The number of pyridine rings is 2. The lowest BCUT2D eigenvalue weighted by Crippen LogP contribution is -2.35. The van der Waals surface area contributed by atoms with Gasteiger partial charge < -0.3 is 14.8 Å². The van der Waals surface area contributed by atoms with Gasteiger partial charge in [0, 0.05) is 50.5 Å². The molecule has 8 nitrogen and oxygen atoms in total. The molecule has 1 aliphatic rings. The van der Waals surface area contributed by atoms with Crippen molar-refractivity contribution in [1.82, 2.24) is 24.8 Å². The molecule has 1 fully saturated rings. The van der Waals surface area contributed by atoms with Crippen LogP contribution in [0, 0.1) is 13.8 Å². The third-order valence-corrected chi connectivity index (χ3v) is 6.28. The molecule has 3 aromatic rings. The van der Waals surface area contributed by atoms with Crippen LogP contribution in [0.25, 0.3) is 11.1 Å². The monoisotopic (exact) mass is 446 g/mol. The Labute approximate surface area is 193 Å². The molecule has 0 saturated carbocycles. The zero-order valence-corrected chi connectivity index (χ0v) is 19.8. The van der Waals surface area contributed by atoms with Crippen molar-refractivity contribution in [3.05, 3.63) is 69.2 Å². The summed E-state index contributed by atoms with van der Waals surface area (Å²) in [6, 6.07) is 3.42. The molecule has 1 atom stereocenters. The van der Waals surface area contributed by atoms with Crippen molar-refractivity contribution in [2.45, 2.75) is 46.1 Å². The van der Waals surface area contributed by atoms with E-state index in [2.05, 4.69) is 15.0 Å². The van der Waals surface area contributed by atoms with E-state index in [4.69, 9.17) is 4.98 Å². The summed E-state index contributed by atoms with van der Waals surface area (Å²) in [5.41, 5.74) is 5.31. The van der Waals surface area contributed by atoms with Gasteiger partial charge in [-0.1, -0.05) is 6.92 Å². The van der Waals surface area contributed by atoms with E-state index < -0.39 is 0 Å². The fourth-order valence-electron chi connectivity index (χ4n) is 4.48. The highest BCUT2D eigenvalue weighted by Crippen LogP contribution is 2.38. The van der Waals surface area contributed by atoms with Crippen LogP contribution in [0.1, 0.15) is 58.7 Å². The summed E-state index contributed by atoms with van der Waals surface area (Å²) in [5.74, 6) is 0.327. The molecule has 1 saturated heterocycles. The molecule has 8 heteroatoms. The first-order chi connectivity index (χ1) is 15.8. The first-order valence-electron chi connectivity index (χ1n) is 11.3. The molecule has 1 aliphatic heterocycles. The second-order valence-electron chi connectivity index (χ2n) is 8.74. The van der Waals surface area contributed by atoms with E-state index in [0.29, 0.717) is 18.9 Å². The minimum Gasteiger partial charge on any atom is -0.347 e. The third-order valence-electron chi connectivity index (χ3n) is 6.28. The smallest absolute Gasteiger partial charge is 0.261 e. The fraction of sp³-hybridized carbons (Fsp3) is 0.400. The molecule has 33 heavy (non-hydrogen) atoms. The van der Waals surface area contributed by atoms with Gasteiger partial charge >= 0.3 is 0 Å². The molecule has 1 N–H and O–H groups in total. The Hall–Kier alpha value is -3.55. The minimum atomic E-state index is -0.338. The number of aromatic nitrogens is 4. The number of rotatable bonds is 5. The van der Waals surface area contributed by atoms with Crippen molar-refractivity contribution >= 4 is 11.9 Å². The predicted octanol–water partition coefficient (Wildman–Crippen LogP) is 3.45. The Morgan fingerprint density at radius 3 is 2.70 bits per heavy atom. The summed E-state index contributed by atoms with van der Waals surface area (Å²) in [5, 5.41) is 0. The molecule has 0 spiro atoms. The maximum absolute atomic E-state index is 13.6. The maximum Gasteiger partial charge on any atom is 0.261 e. The van der Waals surface area contributed by atoms with Crippen LogP contribution in [0.3, 0.4) is 0 Å². The summed E-state index contributed by atoms with van der Waals surface area (Å²) in [6.45, 7) is 6.48. The SMILES string of the molecule is CCc1[nH]c(=O)c(C(=O)N2CCCC2c2nc(N(C)C)ncc2-c2ccncc2C)cc1C. The molecule has 1 unspecified atom stereocenters. The molecule has 0 radical (unpaired) electrons. The van der Waals surface area contributed by atoms with Crippen LogP contribution in [-0.4, -0.2) is 51.4 Å². The van der Waals surface area contributed by atoms with Crippen molar-refractivity contribution in [3.8, 4) is 11.1 Å². The van der Waals surface area contributed by atoms with Gasteiger partial charge in [-0.05, 0) is 61.9 Å². The number of aromatic amines is 1. The number of carbonyl (C=O) groups excluding carboxylic acids is 1. The quantitative estimate of drug-likeness (QED) is 0.645. The Morgan fingerprint density at radius 1 is 1.21 bits per heavy atom. The van der Waals surface area contributed by atoms with Gasteiger partial charge in [-0.15, -0.1) is 0 Å². The number of likely N-dealkylation sites (tertiary alicyclic amines) is 1. The second kappa shape index (κ2) is 9.13. The average Bonchev–Trinajstić information content (AvgIpc) is 3.29. The zero-order valence-electron chi connectivity index (χ0n) is 19.8. The molecule has 4 heterocycles. The van der Waals surface area contributed by atoms with Crippen molar-refractivity contribution in [2.24, 2.45) is 0 Å². The number of nitrogens with zero attached hydrogens (tertiary/aromatic N) is 5. The van der Waals surface area contributed by atoms with E-state index in [-0.39, 0.29) is 23.1 Å². The van der Waals surface area contributed by atoms with Crippen LogP contribution >= 0.6 is 0 Å². The number of aryl methyl sites for hydroxylation is 3. The number of amides is 1. The van der Waals surface area contributed by atoms with E-state index >= 15 is 0 Å². The lowest BCUT2D eigenvalue weighted by atomic mass is 9.97. The topological polar surface area (TPSA) is 95.1 Å². The summed E-state index contributed by atoms with van der Waals surface area (Å²) in [6.07, 6.45) is 7.72. The van der Waals surface area contributed by atoms with E-state index in [9.17, 15) is 9.59 Å². The number of carbonyl (C=O) groups is 1. The molecular formula is C25H30N6O2. The lowest BCUT2D eigenvalue weighted by Gasteiger charge is -2.27. The summed E-state index contributed by atoms with van der Waals surface area (Å²) in [7, 11) is 3.79. The van der Waals surface area contributed by atoms with Crippen molar-refractivity contribution in [3.63, 3.8) is 0 Å². The maximum atomic E-state index is 13.6. The molecule has 0 bridgehead atoms. The largest absolute Gasteiger partial charge is 0.347 e. The van der Waals surface area contributed by atoms with E-state index in [1.54, 1.807) is 17.2 Å². The van der Waals surface area contributed by atoms with Crippen LogP contribution in [-0.2, 0) is 6.42 Å². The Morgan fingerprint density at radius 2 is 2.00 bits per heavy atom. The summed E-state index contributed by atoms with van der Waals surface area (Å²) < 4.78 is 0. The van der Waals surface area contributed by atoms with Gasteiger partial charge in [0.25, 0.3) is 11.5 Å². The van der Waals surface area contributed by atoms with Gasteiger partial charge in [-0.2, -0.15) is 0 Å². The molecule has 0 aliphatic carbocycles. The van der Waals surface area contributed by atoms with E-state index in [0.717, 1.165) is 46.5 Å². The van der Waals surface area contributed by atoms with E-state index in [1.807, 2.05) is 58.2 Å². The average molecular weight is 447 g/mol. The molecule has 1 amide bonds. The summed E-state index contributed by atoms with van der Waals surface area (Å²) >= 11 is 0. The normalized spacial score (nSPS) is 15.7. The van der Waals surface area contributed by atoms with Gasteiger partial charge in [0.15, 0.2) is 0 Å². The number of anilines is 1. The summed E-state index contributed by atoms with van der Waals surface area (Å²) in [4.78, 5) is 46.4. The Balaban J connectivity index is 1.81. The van der Waals surface area contributed by atoms with Crippen LogP contribution in [0.2, 0.25) is 0 Å². The van der Waals surface area contributed by atoms with E-state index in [1.165, 1.54) is 0 Å². The lowest BCUT2D eigenvalue weighted by molar-refractivity contribution is 0.0731. The Bertz CT molecular complexity index is 1250. The van der Waals surface area contributed by atoms with Crippen molar-refractivity contribution in [2.75, 3.05) is 25.5 Å². The standard InChI is InChI=1S/C25H30N6O2/c1-6-20-15(2)12-18(23(32)28-20)24(33)31-11-7-8-21(31)22-19(14-27-25(29-22)30(4)5)17-9-10-26-13-16(17)3/h9-10,12-14,21H,6-8,11H2,1-5H3,(H,28,32). The van der Waals surface area contributed by atoms with Gasteiger partial charge in [0.1, 0.15) is 5.56 Å². The predicted molar refractivity (Wildman–Crippen MR) is 129 cm³/mol.